The first-order valence-corrected chi connectivity index (χ1v) is 7.62. The fourth-order valence-corrected chi connectivity index (χ4v) is 2.47. The van der Waals surface area contributed by atoms with E-state index in [-0.39, 0.29) is 6.54 Å². The average Bonchev–Trinajstić information content (AvgIpc) is 2.79. The van der Waals surface area contributed by atoms with Crippen molar-refractivity contribution in [3.63, 3.8) is 0 Å². The first-order valence-electron chi connectivity index (χ1n) is 7.24. The molecule has 0 aromatic heterocycles. The Balaban J connectivity index is 1.99. The van der Waals surface area contributed by atoms with Crippen molar-refractivity contribution < 1.29 is 9.53 Å². The van der Waals surface area contributed by atoms with Crippen molar-refractivity contribution in [2.45, 2.75) is 0 Å². The number of ether oxygens (including phenoxy) is 1. The topological polar surface area (TPSA) is 75.1 Å². The van der Waals surface area contributed by atoms with Gasteiger partial charge in [-0.3, -0.25) is 10.4 Å². The lowest BCUT2D eigenvalue weighted by atomic mass is 10.0. The van der Waals surface area contributed by atoms with Crippen LogP contribution in [0.5, 0.6) is 0 Å². The molecule has 122 valence electrons. The first kappa shape index (κ1) is 16.0. The zero-order valence-corrected chi connectivity index (χ0v) is 13.7. The summed E-state index contributed by atoms with van der Waals surface area (Å²) < 4.78 is 4.53. The molecule has 0 saturated heterocycles. The molecule has 1 heterocycles. The van der Waals surface area contributed by atoms with Gasteiger partial charge in [-0.1, -0.05) is 41.9 Å². The van der Waals surface area contributed by atoms with Gasteiger partial charge in [0.05, 0.1) is 25.1 Å². The van der Waals surface area contributed by atoms with E-state index in [0.717, 1.165) is 16.8 Å². The number of rotatable bonds is 1. The maximum absolute atomic E-state index is 11.2. The first-order chi connectivity index (χ1) is 11.7. The van der Waals surface area contributed by atoms with Crippen molar-refractivity contribution in [2.75, 3.05) is 13.7 Å². The monoisotopic (exact) mass is 342 g/mol. The predicted octanol–water partition coefficient (Wildman–Crippen LogP) is 3.08. The summed E-state index contributed by atoms with van der Waals surface area (Å²) in [7, 11) is 1.29. The van der Waals surface area contributed by atoms with Crippen LogP contribution in [0.3, 0.4) is 0 Å². The summed E-state index contributed by atoms with van der Waals surface area (Å²) in [6, 6.07) is 15.2. The van der Waals surface area contributed by atoms with Crippen LogP contribution in [0.25, 0.3) is 0 Å². The molecule has 2 aromatic carbocycles. The minimum atomic E-state index is -0.606. The molecule has 1 aliphatic heterocycles. The minimum Gasteiger partial charge on any atom is -0.452 e. The second kappa shape index (κ2) is 7.14. The standard InChI is InChI=1S/C17H15ClN4O2/c1-24-17(23)22-21-15-10-19-16(11-5-3-2-4-6-11)13-9-12(18)7-8-14(13)20-15/h2-9H,10H2,1H3,(H,20,21)(H,22,23). The Bertz CT molecular complexity index is 819. The van der Waals surface area contributed by atoms with E-state index in [1.165, 1.54) is 7.11 Å². The molecule has 0 fully saturated rings. The molecule has 2 aromatic rings. The number of methoxy groups -OCH3 is 1. The smallest absolute Gasteiger partial charge is 0.425 e. The van der Waals surface area contributed by atoms with Crippen LogP contribution in [-0.4, -0.2) is 31.3 Å². The molecule has 6 nitrogen and oxygen atoms in total. The van der Waals surface area contributed by atoms with Gasteiger partial charge in [0.2, 0.25) is 0 Å². The van der Waals surface area contributed by atoms with E-state index in [9.17, 15) is 4.79 Å². The molecular weight excluding hydrogens is 328 g/mol. The van der Waals surface area contributed by atoms with E-state index >= 15 is 0 Å². The van der Waals surface area contributed by atoms with E-state index in [4.69, 9.17) is 11.6 Å². The van der Waals surface area contributed by atoms with Crippen LogP contribution >= 0.6 is 11.6 Å². The minimum absolute atomic E-state index is 0.278. The summed E-state index contributed by atoms with van der Waals surface area (Å²) in [4.78, 5) is 20.4. The van der Waals surface area contributed by atoms with E-state index in [0.29, 0.717) is 16.5 Å². The number of nitrogens with zero attached hydrogens (tertiary/aromatic N) is 2. The van der Waals surface area contributed by atoms with Gasteiger partial charge in [0, 0.05) is 16.1 Å². The van der Waals surface area contributed by atoms with E-state index in [1.807, 2.05) is 42.5 Å². The Labute approximate surface area is 144 Å². The van der Waals surface area contributed by atoms with Gasteiger partial charge < -0.3 is 4.74 Å². The van der Waals surface area contributed by atoms with Gasteiger partial charge in [-0.25, -0.2) is 15.2 Å². The van der Waals surface area contributed by atoms with Crippen LogP contribution in [0.2, 0.25) is 5.02 Å². The van der Waals surface area contributed by atoms with Crippen molar-refractivity contribution in [2.24, 2.45) is 9.98 Å². The summed E-state index contributed by atoms with van der Waals surface area (Å²) in [6.45, 7) is 0.278. The Morgan fingerprint density at radius 2 is 2.00 bits per heavy atom. The molecule has 24 heavy (non-hydrogen) atoms. The highest BCUT2D eigenvalue weighted by Crippen LogP contribution is 2.28. The molecule has 0 saturated carbocycles. The highest BCUT2D eigenvalue weighted by atomic mass is 35.5. The van der Waals surface area contributed by atoms with Gasteiger partial charge in [-0.15, -0.1) is 0 Å². The van der Waals surface area contributed by atoms with Crippen LogP contribution in [0, 0.1) is 0 Å². The lowest BCUT2D eigenvalue weighted by molar-refractivity contribution is 0.168. The van der Waals surface area contributed by atoms with Gasteiger partial charge in [0.15, 0.2) is 0 Å². The molecule has 0 aliphatic carbocycles. The number of nitrogens with one attached hydrogen (secondary N) is 2. The number of carbonyl (C=O) groups is 1. The van der Waals surface area contributed by atoms with Gasteiger partial charge in [0.25, 0.3) is 0 Å². The number of aliphatic imine (C=N–C) groups is 2. The number of benzene rings is 2. The Kier molecular flexibility index (Phi) is 4.77. The Morgan fingerprint density at radius 1 is 1.21 bits per heavy atom. The highest BCUT2D eigenvalue weighted by Gasteiger charge is 2.16. The molecule has 0 unspecified atom stereocenters. The van der Waals surface area contributed by atoms with Crippen molar-refractivity contribution in [1.29, 1.82) is 0 Å². The number of hydrazine groups is 1. The number of halogens is 1. The quantitative estimate of drug-likeness (QED) is 0.782. The molecule has 0 atom stereocenters. The van der Waals surface area contributed by atoms with Crippen LogP contribution in [0.4, 0.5) is 10.5 Å². The summed E-state index contributed by atoms with van der Waals surface area (Å²) in [5, 5.41) is 0.608. The third-order valence-corrected chi connectivity index (χ3v) is 3.63. The van der Waals surface area contributed by atoms with Crippen molar-refractivity contribution in [3.05, 3.63) is 64.7 Å². The zero-order chi connectivity index (χ0) is 16.9. The third kappa shape index (κ3) is 3.55. The summed E-state index contributed by atoms with van der Waals surface area (Å²) in [5.74, 6) is 0.495. The fourth-order valence-electron chi connectivity index (χ4n) is 2.30. The largest absolute Gasteiger partial charge is 0.452 e. The molecule has 0 bridgehead atoms. The van der Waals surface area contributed by atoms with Crippen molar-refractivity contribution >= 4 is 34.9 Å². The number of fused-ring (bicyclic) bond motifs is 1. The third-order valence-electron chi connectivity index (χ3n) is 3.40. The lowest BCUT2D eigenvalue weighted by Crippen LogP contribution is -2.42. The second-order valence-electron chi connectivity index (χ2n) is 4.99. The maximum Gasteiger partial charge on any atom is 0.425 e. The average molecular weight is 343 g/mol. The number of carbonyl (C=O) groups excluding carboxylic acids is 1. The molecule has 1 aliphatic rings. The number of amides is 1. The molecule has 0 spiro atoms. The van der Waals surface area contributed by atoms with Gasteiger partial charge in [0.1, 0.15) is 5.84 Å². The lowest BCUT2D eigenvalue weighted by Gasteiger charge is -2.08. The van der Waals surface area contributed by atoms with Gasteiger partial charge >= 0.3 is 6.09 Å². The predicted molar refractivity (Wildman–Crippen MR) is 94.2 cm³/mol. The molecule has 2 N–H and O–H groups in total. The van der Waals surface area contributed by atoms with Crippen LogP contribution < -0.4 is 10.9 Å². The molecular formula is C17H15ClN4O2. The molecule has 3 rings (SSSR count). The SMILES string of the molecule is COC(=O)NNC1=Nc2ccc(Cl)cc2C(c2ccccc2)=NC1. The van der Waals surface area contributed by atoms with E-state index < -0.39 is 6.09 Å². The van der Waals surface area contributed by atoms with E-state index in [2.05, 4.69) is 25.6 Å². The summed E-state index contributed by atoms with van der Waals surface area (Å²) in [5.41, 5.74) is 8.44. The molecule has 0 radical (unpaired) electrons. The van der Waals surface area contributed by atoms with Crippen LogP contribution in [0.1, 0.15) is 11.1 Å². The van der Waals surface area contributed by atoms with Crippen LogP contribution in [0.15, 0.2) is 58.5 Å². The second-order valence-corrected chi connectivity index (χ2v) is 5.43. The van der Waals surface area contributed by atoms with Crippen molar-refractivity contribution in [1.82, 2.24) is 10.9 Å². The van der Waals surface area contributed by atoms with Crippen LogP contribution in [-0.2, 0) is 4.74 Å². The molecule has 1 amide bonds. The molecule has 7 heteroatoms. The Hall–Kier alpha value is -2.86. The van der Waals surface area contributed by atoms with Gasteiger partial charge in [-0.2, -0.15) is 0 Å². The number of hydrogen-bond donors (Lipinski definition) is 2. The summed E-state index contributed by atoms with van der Waals surface area (Å²) in [6.07, 6.45) is -0.606. The normalized spacial score (nSPS) is 13.1. The van der Waals surface area contributed by atoms with Crippen molar-refractivity contribution in [3.8, 4) is 0 Å². The maximum atomic E-state index is 11.2. The van der Waals surface area contributed by atoms with E-state index in [1.54, 1.807) is 6.07 Å². The highest BCUT2D eigenvalue weighted by molar-refractivity contribution is 6.31. The Morgan fingerprint density at radius 3 is 2.75 bits per heavy atom. The fraction of sp³-hybridized carbons (Fsp3) is 0.118. The number of amidine groups is 1. The van der Waals surface area contributed by atoms with Gasteiger partial charge in [-0.05, 0) is 18.2 Å². The number of hydrogen-bond acceptors (Lipinski definition) is 5. The zero-order valence-electron chi connectivity index (χ0n) is 12.9. The summed E-state index contributed by atoms with van der Waals surface area (Å²) >= 11 is 6.15.